The Balaban J connectivity index is 1.20. The number of hydrogen-bond donors (Lipinski definition) is 1. The number of carbonyl (C=O) groups is 2. The van der Waals surface area contributed by atoms with E-state index in [1.807, 2.05) is 18.2 Å². The van der Waals surface area contributed by atoms with Crippen molar-refractivity contribution in [1.82, 2.24) is 4.90 Å². The van der Waals surface area contributed by atoms with Gasteiger partial charge < -0.3 is 14.7 Å². The second kappa shape index (κ2) is 10.0. The zero-order valence-electron chi connectivity index (χ0n) is 19.6. The first-order chi connectivity index (χ1) is 16.6. The average molecular weight is 460 g/mol. The smallest absolute Gasteiger partial charge is 0.335 e. The average Bonchev–Trinajstić information content (AvgIpc) is 3.23. The third-order valence-corrected chi connectivity index (χ3v) is 7.59. The van der Waals surface area contributed by atoms with Gasteiger partial charge in [0.05, 0.1) is 12.2 Å². The first-order valence-electron chi connectivity index (χ1n) is 12.6. The molecule has 0 spiro atoms. The number of amides is 1. The molecule has 2 aromatic rings. The minimum atomic E-state index is -0.900. The lowest BCUT2D eigenvalue weighted by molar-refractivity contribution is -0.133. The van der Waals surface area contributed by atoms with E-state index < -0.39 is 5.97 Å². The molecule has 0 radical (unpaired) electrons. The van der Waals surface area contributed by atoms with Gasteiger partial charge >= 0.3 is 5.97 Å². The molecule has 0 aromatic heterocycles. The zero-order chi connectivity index (χ0) is 23.5. The number of carboxylic acids is 1. The summed E-state index contributed by atoms with van der Waals surface area (Å²) >= 11 is 0. The summed E-state index contributed by atoms with van der Waals surface area (Å²) < 4.78 is 5.98. The Labute approximate surface area is 201 Å². The topological polar surface area (TPSA) is 66.8 Å². The van der Waals surface area contributed by atoms with Crippen LogP contribution in [0.3, 0.4) is 0 Å². The first kappa shape index (κ1) is 22.7. The molecular formula is C29H33NO4. The lowest BCUT2D eigenvalue weighted by Crippen LogP contribution is -2.39. The summed E-state index contributed by atoms with van der Waals surface area (Å²) in [6.07, 6.45) is 14.1. The molecule has 1 heterocycles. The summed E-state index contributed by atoms with van der Waals surface area (Å²) in [7, 11) is 0. The molecule has 5 nitrogen and oxygen atoms in total. The largest absolute Gasteiger partial charge is 0.493 e. The van der Waals surface area contributed by atoms with Gasteiger partial charge in [0, 0.05) is 24.4 Å². The highest BCUT2D eigenvalue weighted by atomic mass is 16.5. The molecule has 2 fully saturated rings. The summed E-state index contributed by atoms with van der Waals surface area (Å²) in [4.78, 5) is 26.4. The maximum Gasteiger partial charge on any atom is 0.335 e. The van der Waals surface area contributed by atoms with E-state index in [0.717, 1.165) is 42.3 Å². The lowest BCUT2D eigenvalue weighted by atomic mass is 9.93. The molecule has 1 N–H and O–H groups in total. The van der Waals surface area contributed by atoms with E-state index >= 15 is 0 Å². The molecule has 1 saturated carbocycles. The van der Waals surface area contributed by atoms with Gasteiger partial charge in [-0.1, -0.05) is 61.8 Å². The molecule has 34 heavy (non-hydrogen) atoms. The zero-order valence-corrected chi connectivity index (χ0v) is 19.6. The number of hydrogen-bond acceptors (Lipinski definition) is 3. The van der Waals surface area contributed by atoms with Crippen molar-refractivity contribution in [2.24, 2.45) is 11.8 Å². The number of rotatable bonds is 7. The fraction of sp³-hybridized carbons (Fsp3) is 0.448. The van der Waals surface area contributed by atoms with Crippen LogP contribution in [0, 0.1) is 11.8 Å². The number of allylic oxidation sites excluding steroid dienone is 1. The summed E-state index contributed by atoms with van der Waals surface area (Å²) in [5, 5.41) is 11.4. The molecule has 1 amide bonds. The number of nitrogens with zero attached hydrogens (tertiary/aromatic N) is 1. The third-order valence-electron chi connectivity index (χ3n) is 7.59. The van der Waals surface area contributed by atoms with Crippen LogP contribution in [0.5, 0.6) is 5.75 Å². The van der Waals surface area contributed by atoms with Gasteiger partial charge in [0.2, 0.25) is 5.91 Å². The number of likely N-dealkylation sites (tertiary alicyclic amines) is 1. The Hall–Kier alpha value is -3.08. The van der Waals surface area contributed by atoms with Gasteiger partial charge in [-0.05, 0) is 60.6 Å². The highest BCUT2D eigenvalue weighted by Gasteiger charge is 2.36. The normalized spacial score (nSPS) is 23.4. The molecular weight excluding hydrogens is 426 g/mol. The molecule has 178 valence electrons. The van der Waals surface area contributed by atoms with Crippen molar-refractivity contribution in [2.45, 2.75) is 57.4 Å². The van der Waals surface area contributed by atoms with E-state index in [1.165, 1.54) is 37.7 Å². The summed E-state index contributed by atoms with van der Waals surface area (Å²) in [5.74, 6) is 0.410. The molecule has 2 atom stereocenters. The fourth-order valence-electron chi connectivity index (χ4n) is 5.69. The number of fused-ring (bicyclic) bond motifs is 1. The predicted octanol–water partition coefficient (Wildman–Crippen LogP) is 5.53. The van der Waals surface area contributed by atoms with Crippen molar-refractivity contribution in [3.8, 4) is 5.75 Å². The van der Waals surface area contributed by atoms with Crippen molar-refractivity contribution < 1.29 is 19.4 Å². The van der Waals surface area contributed by atoms with Gasteiger partial charge in [0.1, 0.15) is 5.75 Å². The second-order valence-corrected chi connectivity index (χ2v) is 9.99. The molecule has 1 aliphatic heterocycles. The number of ether oxygens (including phenoxy) is 1. The maximum atomic E-state index is 13.0. The van der Waals surface area contributed by atoms with Crippen molar-refractivity contribution in [3.63, 3.8) is 0 Å². The van der Waals surface area contributed by atoms with Crippen molar-refractivity contribution in [1.29, 1.82) is 0 Å². The fourth-order valence-corrected chi connectivity index (χ4v) is 5.69. The summed E-state index contributed by atoms with van der Waals surface area (Å²) in [5.41, 5.74) is 1.54. The van der Waals surface area contributed by atoms with Gasteiger partial charge in [-0.25, -0.2) is 4.79 Å². The first-order valence-corrected chi connectivity index (χ1v) is 12.6. The number of carboxylic acid groups (broad SMARTS) is 1. The molecule has 0 bridgehead atoms. The van der Waals surface area contributed by atoms with E-state index in [1.54, 1.807) is 12.2 Å². The van der Waals surface area contributed by atoms with Crippen LogP contribution in [0.25, 0.3) is 10.8 Å². The molecule has 2 unspecified atom stereocenters. The number of aliphatic carboxylic acids is 1. The Morgan fingerprint density at radius 3 is 2.65 bits per heavy atom. The van der Waals surface area contributed by atoms with Gasteiger partial charge in [-0.2, -0.15) is 0 Å². The Kier molecular flexibility index (Phi) is 6.70. The quantitative estimate of drug-likeness (QED) is 0.591. The van der Waals surface area contributed by atoms with Crippen LogP contribution < -0.4 is 4.74 Å². The van der Waals surface area contributed by atoms with Gasteiger partial charge in [0.25, 0.3) is 0 Å². The van der Waals surface area contributed by atoms with Crippen LogP contribution in [0.4, 0.5) is 0 Å². The van der Waals surface area contributed by atoms with E-state index in [-0.39, 0.29) is 11.8 Å². The monoisotopic (exact) mass is 459 g/mol. The SMILES string of the molecule is O=C(O)C1=CC(COc2ccc3cc(CC4CCN(C5CCCCC5)C4=O)ccc3c2)CC=C1. The summed E-state index contributed by atoms with van der Waals surface area (Å²) in [6.45, 7) is 1.37. The van der Waals surface area contributed by atoms with Crippen LogP contribution in [-0.2, 0) is 16.0 Å². The molecule has 2 aliphatic carbocycles. The molecule has 3 aliphatic rings. The lowest BCUT2D eigenvalue weighted by Gasteiger charge is -2.31. The van der Waals surface area contributed by atoms with Crippen LogP contribution in [-0.4, -0.2) is 41.1 Å². The van der Waals surface area contributed by atoms with Crippen molar-refractivity contribution in [2.75, 3.05) is 13.2 Å². The van der Waals surface area contributed by atoms with Gasteiger partial charge in [-0.15, -0.1) is 0 Å². The van der Waals surface area contributed by atoms with E-state index in [2.05, 4.69) is 29.2 Å². The Morgan fingerprint density at radius 2 is 1.82 bits per heavy atom. The Morgan fingerprint density at radius 1 is 1.03 bits per heavy atom. The van der Waals surface area contributed by atoms with Gasteiger partial charge in [0.15, 0.2) is 0 Å². The maximum absolute atomic E-state index is 13.0. The summed E-state index contributed by atoms with van der Waals surface area (Å²) in [6, 6.07) is 13.0. The molecule has 5 rings (SSSR count). The van der Waals surface area contributed by atoms with Gasteiger partial charge in [-0.3, -0.25) is 4.79 Å². The minimum Gasteiger partial charge on any atom is -0.493 e. The minimum absolute atomic E-state index is 0.0614. The van der Waals surface area contributed by atoms with E-state index in [4.69, 9.17) is 4.74 Å². The Bertz CT molecular complexity index is 1130. The number of carbonyl (C=O) groups excluding carboxylic acids is 1. The predicted molar refractivity (Wildman–Crippen MR) is 133 cm³/mol. The van der Waals surface area contributed by atoms with E-state index in [9.17, 15) is 14.7 Å². The van der Waals surface area contributed by atoms with Crippen molar-refractivity contribution in [3.05, 3.63) is 65.8 Å². The molecule has 2 aromatic carbocycles. The molecule has 5 heteroatoms. The third kappa shape index (κ3) is 5.03. The molecule has 1 saturated heterocycles. The van der Waals surface area contributed by atoms with Crippen LogP contribution >= 0.6 is 0 Å². The van der Waals surface area contributed by atoms with Crippen LogP contribution in [0.15, 0.2) is 60.2 Å². The second-order valence-electron chi connectivity index (χ2n) is 9.99. The highest BCUT2D eigenvalue weighted by Crippen LogP contribution is 2.31. The van der Waals surface area contributed by atoms with E-state index in [0.29, 0.717) is 24.1 Å². The standard InChI is InChI=1S/C29H33NO4/c31-28-24(13-14-30(28)26-7-2-1-3-8-26)16-20-9-10-23-18-27(12-11-22(23)15-20)34-19-21-5-4-6-25(17-21)29(32)33/h4,6,9-12,15,17-18,21,24,26H,1-3,5,7-8,13-14,16,19H2,(H,32,33). The van der Waals surface area contributed by atoms with Crippen LogP contribution in [0.2, 0.25) is 0 Å². The van der Waals surface area contributed by atoms with Crippen molar-refractivity contribution >= 4 is 22.6 Å². The number of benzene rings is 2. The van der Waals surface area contributed by atoms with Crippen LogP contribution in [0.1, 0.15) is 50.5 Å². The highest BCUT2D eigenvalue weighted by molar-refractivity contribution is 5.90.